The molecule has 10 nitrogen and oxygen atoms in total. The number of hydrogen-bond donors (Lipinski definition) is 0. The van der Waals surface area contributed by atoms with Crippen LogP contribution >= 0.6 is 0 Å². The Balaban J connectivity index is 1.46. The maximum atomic E-state index is 7.54. The van der Waals surface area contributed by atoms with E-state index in [1.54, 1.807) is 0 Å². The van der Waals surface area contributed by atoms with Crippen LogP contribution in [0.3, 0.4) is 0 Å². The van der Waals surface area contributed by atoms with E-state index < -0.39 is 14.4 Å². The second-order valence-electron chi connectivity index (χ2n) is 13.8. The molecule has 0 radical (unpaired) electrons. The fourth-order valence-electron chi connectivity index (χ4n) is 7.85. The van der Waals surface area contributed by atoms with Crippen LogP contribution in [0.2, 0.25) is 0 Å². The van der Waals surface area contributed by atoms with Crippen molar-refractivity contribution in [2.75, 3.05) is 13.2 Å². The number of rotatable bonds is 10. The molecule has 0 N–H and O–H groups in total. The number of aliphatic imine (C=N–C) groups is 4. The molecule has 6 aromatic rings. The first-order valence-corrected chi connectivity index (χ1v) is 22.3. The van der Waals surface area contributed by atoms with Crippen LogP contribution in [0.4, 0.5) is 11.6 Å². The molecule has 6 heterocycles. The molecule has 53 heavy (non-hydrogen) atoms. The molecular weight excluding hydrogens is 721 g/mol. The summed E-state index contributed by atoms with van der Waals surface area (Å²) in [7, 11) is 0. The predicted octanol–water partition coefficient (Wildman–Crippen LogP) is 7.79. The minimum absolute atomic E-state index is 0.498. The zero-order valence-corrected chi connectivity index (χ0v) is 31.9. The number of fused-ring (bicyclic) bond motifs is 14. The third-order valence-electron chi connectivity index (χ3n) is 10.4. The zero-order valence-electron chi connectivity index (χ0n) is 29.8. The molecule has 2 aromatic heterocycles. The van der Waals surface area contributed by atoms with E-state index in [1.165, 1.54) is 0 Å². The van der Waals surface area contributed by atoms with E-state index in [2.05, 4.69) is 93.7 Å². The van der Waals surface area contributed by atoms with Gasteiger partial charge in [-0.15, -0.1) is 0 Å². The van der Waals surface area contributed by atoms with Crippen LogP contribution in [0.15, 0.2) is 127 Å². The number of unbranched alkanes of at least 4 members (excludes halogenated alkanes) is 4. The summed E-state index contributed by atoms with van der Waals surface area (Å²) in [6.07, 6.45) is 5.96. The Labute approximate surface area is 310 Å². The Hall–Kier alpha value is -5.30. The summed E-state index contributed by atoms with van der Waals surface area (Å²) in [4.78, 5) is 32.3. The molecule has 11 heteroatoms. The van der Waals surface area contributed by atoms with Crippen LogP contribution in [-0.4, -0.2) is 58.0 Å². The summed E-state index contributed by atoms with van der Waals surface area (Å²) in [5.74, 6) is 3.81. The van der Waals surface area contributed by atoms with Gasteiger partial charge in [0.25, 0.3) is 0 Å². The minimum atomic E-state index is -4.81. The first kappa shape index (κ1) is 32.4. The molecule has 262 valence electrons. The van der Waals surface area contributed by atoms with Crippen molar-refractivity contribution in [3.8, 4) is 0 Å². The first-order chi connectivity index (χ1) is 26.2. The second-order valence-corrected chi connectivity index (χ2v) is 19.2. The molecule has 4 aromatic carbocycles. The molecule has 0 amide bonds. The van der Waals surface area contributed by atoms with E-state index in [9.17, 15) is 0 Å². The van der Waals surface area contributed by atoms with Crippen molar-refractivity contribution in [2.45, 2.75) is 52.4 Å². The number of nitrogens with zero attached hydrogens (tertiary/aromatic N) is 8. The molecule has 6 bridgehead atoms. The first-order valence-electron chi connectivity index (χ1n) is 18.7. The van der Waals surface area contributed by atoms with Crippen LogP contribution in [0, 0.1) is 0 Å². The van der Waals surface area contributed by atoms with Crippen LogP contribution in [-0.2, 0) is 7.53 Å². The van der Waals surface area contributed by atoms with Crippen molar-refractivity contribution in [3.05, 3.63) is 130 Å². The van der Waals surface area contributed by atoms with Crippen molar-refractivity contribution in [2.24, 2.45) is 30.0 Å². The summed E-state index contributed by atoms with van der Waals surface area (Å²) in [6, 6.07) is 33.1. The van der Waals surface area contributed by atoms with Gasteiger partial charge in [0.1, 0.15) is 0 Å². The normalized spacial score (nSPS) is 15.9. The summed E-state index contributed by atoms with van der Waals surface area (Å²) in [5.41, 5.74) is 5.12. The van der Waals surface area contributed by atoms with Gasteiger partial charge in [-0.25, -0.2) is 0 Å². The fourth-order valence-corrected chi connectivity index (χ4v) is 14.9. The average Bonchev–Trinajstić information content (AvgIpc) is 3.91. The maximum absolute atomic E-state index is 7.54. The quantitative estimate of drug-likeness (QED) is 0.105. The molecular formula is C42H38GeN8O2. The topological polar surface area (TPSA) is 102 Å². The Kier molecular flexibility index (Phi) is 7.92. The number of hydrogen-bond acceptors (Lipinski definition) is 8. The molecule has 4 aliphatic heterocycles. The van der Waals surface area contributed by atoms with Crippen LogP contribution in [0.25, 0.3) is 21.5 Å². The van der Waals surface area contributed by atoms with Gasteiger partial charge >= 0.3 is 311 Å². The molecule has 0 fully saturated rings. The van der Waals surface area contributed by atoms with E-state index in [-0.39, 0.29) is 0 Å². The van der Waals surface area contributed by atoms with Gasteiger partial charge in [-0.05, 0) is 0 Å². The molecule has 4 aliphatic rings. The van der Waals surface area contributed by atoms with E-state index in [1.807, 2.05) is 24.3 Å². The average molecular weight is 759 g/mol. The molecule has 10 rings (SSSR count). The van der Waals surface area contributed by atoms with Gasteiger partial charge < -0.3 is 0 Å². The summed E-state index contributed by atoms with van der Waals surface area (Å²) < 4.78 is 19.5. The van der Waals surface area contributed by atoms with Gasteiger partial charge in [0, 0.05) is 0 Å². The monoisotopic (exact) mass is 760 g/mol. The summed E-state index contributed by atoms with van der Waals surface area (Å²) in [6.45, 7) is 5.42. The van der Waals surface area contributed by atoms with Gasteiger partial charge in [-0.3, -0.25) is 0 Å². The molecule has 0 aliphatic carbocycles. The van der Waals surface area contributed by atoms with Gasteiger partial charge in [0.05, 0.1) is 0 Å². The van der Waals surface area contributed by atoms with E-state index >= 15 is 0 Å². The standard InChI is InChI=1S/C42H38GeN8O2/c1-3-5-15-25-52-43(53-26-16-6-4-2)50-39-31-21-11-12-22-32(31)41(50)48-37-29-19-9-10-20-30(29)38(45-37)49-42-34-24-14-13-23-33(34)40(51(42)43)47-36-28-18-8-7-17-27(28)35(44-36)46-39/h7-14,17-24H,3-6,15-16,25-26H2,1-2H3. The van der Waals surface area contributed by atoms with Crippen molar-refractivity contribution < 1.29 is 7.53 Å². The summed E-state index contributed by atoms with van der Waals surface area (Å²) >= 11 is -4.81. The third kappa shape index (κ3) is 4.99. The zero-order chi connectivity index (χ0) is 35.5. The number of benzene rings is 4. The molecule has 0 saturated carbocycles. The van der Waals surface area contributed by atoms with Gasteiger partial charge in [0.2, 0.25) is 0 Å². The number of aromatic nitrogens is 2. The molecule has 0 saturated heterocycles. The van der Waals surface area contributed by atoms with Crippen molar-refractivity contribution >= 4 is 70.9 Å². The number of amidine groups is 4. The Morgan fingerprint density at radius 3 is 1.23 bits per heavy atom. The van der Waals surface area contributed by atoms with Crippen molar-refractivity contribution in [1.82, 2.24) is 7.05 Å². The molecule has 0 unspecified atom stereocenters. The van der Waals surface area contributed by atoms with Crippen LogP contribution < -0.4 is 11.0 Å². The van der Waals surface area contributed by atoms with E-state index in [4.69, 9.17) is 37.5 Å². The van der Waals surface area contributed by atoms with Crippen LogP contribution in [0.1, 0.15) is 74.6 Å². The van der Waals surface area contributed by atoms with E-state index in [0.29, 0.717) is 59.2 Å². The van der Waals surface area contributed by atoms with Crippen molar-refractivity contribution in [1.29, 1.82) is 0 Å². The van der Waals surface area contributed by atoms with Crippen LogP contribution in [0.5, 0.6) is 0 Å². The Morgan fingerprint density at radius 2 is 0.811 bits per heavy atom. The summed E-state index contributed by atoms with van der Waals surface area (Å²) in [5, 5.41) is 3.75. The van der Waals surface area contributed by atoms with Gasteiger partial charge in [0.15, 0.2) is 0 Å². The fraction of sp³-hybridized carbons (Fsp3) is 0.238. The Bertz CT molecular complexity index is 2560. The van der Waals surface area contributed by atoms with E-state index in [0.717, 1.165) is 82.3 Å². The molecule has 0 atom stereocenters. The third-order valence-corrected chi connectivity index (χ3v) is 17.0. The van der Waals surface area contributed by atoms with Gasteiger partial charge in [-0.2, -0.15) is 0 Å². The SMILES string of the molecule is CCCCC[O][Ge]1([O]CCCCC)[n]2c3c4ccccc4c2N=C2N=C(N=c4c5ccccc5c([n]41)=NC1=NC(=N3)c3ccccc31)c1ccccc12. The van der Waals surface area contributed by atoms with Gasteiger partial charge in [-0.1, -0.05) is 0 Å². The molecule has 0 spiro atoms. The predicted molar refractivity (Wildman–Crippen MR) is 212 cm³/mol. The second kappa shape index (κ2) is 13.0. The van der Waals surface area contributed by atoms with Crippen molar-refractivity contribution in [3.63, 3.8) is 0 Å². The Morgan fingerprint density at radius 1 is 0.434 bits per heavy atom.